The summed E-state index contributed by atoms with van der Waals surface area (Å²) in [6.45, 7) is 3.69. The van der Waals surface area contributed by atoms with E-state index >= 15 is 0 Å². The number of nitrogens with two attached hydrogens (primary N) is 1. The Kier molecular flexibility index (Phi) is 4.45. The van der Waals surface area contributed by atoms with Gasteiger partial charge in [0, 0.05) is 12.7 Å². The lowest BCUT2D eigenvalue weighted by atomic mass is 10.1. The van der Waals surface area contributed by atoms with E-state index in [1.54, 1.807) is 5.01 Å². The number of hydrazine groups is 1. The van der Waals surface area contributed by atoms with E-state index in [2.05, 4.69) is 30.1 Å². The van der Waals surface area contributed by atoms with Crippen molar-refractivity contribution in [3.63, 3.8) is 0 Å². The molecule has 94 valence electrons. The highest BCUT2D eigenvalue weighted by molar-refractivity contribution is 5.63. The molecule has 1 heterocycles. The van der Waals surface area contributed by atoms with Crippen molar-refractivity contribution in [1.82, 2.24) is 9.99 Å². The standard InChI is InChI=1S/C15H19N3/c1-2-10-18(16)12-15-11-14(8-9-17-15)13-6-4-3-5-7-13/h3-9,11H,2,10,12,16H2,1H3. The van der Waals surface area contributed by atoms with E-state index in [9.17, 15) is 0 Å². The highest BCUT2D eigenvalue weighted by Gasteiger charge is 2.03. The van der Waals surface area contributed by atoms with Crippen LogP contribution in [-0.4, -0.2) is 16.5 Å². The Morgan fingerprint density at radius 2 is 1.89 bits per heavy atom. The summed E-state index contributed by atoms with van der Waals surface area (Å²) in [7, 11) is 0. The molecule has 3 heteroatoms. The lowest BCUT2D eigenvalue weighted by Crippen LogP contribution is -2.31. The Balaban J connectivity index is 2.15. The van der Waals surface area contributed by atoms with Crippen molar-refractivity contribution in [3.8, 4) is 11.1 Å². The average Bonchev–Trinajstić information content (AvgIpc) is 2.40. The van der Waals surface area contributed by atoms with E-state index in [0.717, 1.165) is 18.7 Å². The molecule has 0 saturated heterocycles. The summed E-state index contributed by atoms with van der Waals surface area (Å²) in [6.07, 6.45) is 2.90. The number of rotatable bonds is 5. The number of nitrogens with zero attached hydrogens (tertiary/aromatic N) is 2. The second-order valence-electron chi connectivity index (χ2n) is 4.37. The van der Waals surface area contributed by atoms with Crippen LogP contribution >= 0.6 is 0 Å². The largest absolute Gasteiger partial charge is 0.268 e. The van der Waals surface area contributed by atoms with Gasteiger partial charge in [0.15, 0.2) is 0 Å². The van der Waals surface area contributed by atoms with Crippen LogP contribution in [0.4, 0.5) is 0 Å². The minimum Gasteiger partial charge on any atom is -0.268 e. The smallest absolute Gasteiger partial charge is 0.0564 e. The maximum absolute atomic E-state index is 5.90. The Hall–Kier alpha value is -1.71. The van der Waals surface area contributed by atoms with Crippen LogP contribution < -0.4 is 5.84 Å². The van der Waals surface area contributed by atoms with E-state index in [4.69, 9.17) is 5.84 Å². The van der Waals surface area contributed by atoms with Crippen molar-refractivity contribution in [2.24, 2.45) is 5.84 Å². The topological polar surface area (TPSA) is 42.1 Å². The molecule has 0 spiro atoms. The van der Waals surface area contributed by atoms with Gasteiger partial charge in [-0.1, -0.05) is 37.3 Å². The van der Waals surface area contributed by atoms with E-state index in [0.29, 0.717) is 6.54 Å². The Bertz CT molecular complexity index is 482. The van der Waals surface area contributed by atoms with Gasteiger partial charge in [-0.2, -0.15) is 0 Å². The lowest BCUT2D eigenvalue weighted by Gasteiger charge is -2.14. The second-order valence-corrected chi connectivity index (χ2v) is 4.37. The van der Waals surface area contributed by atoms with Crippen molar-refractivity contribution in [3.05, 3.63) is 54.4 Å². The number of hydrogen-bond donors (Lipinski definition) is 1. The van der Waals surface area contributed by atoms with Gasteiger partial charge >= 0.3 is 0 Å². The third-order valence-electron chi connectivity index (χ3n) is 2.80. The molecule has 1 aromatic carbocycles. The van der Waals surface area contributed by atoms with E-state index in [1.165, 1.54) is 11.1 Å². The van der Waals surface area contributed by atoms with E-state index < -0.39 is 0 Å². The van der Waals surface area contributed by atoms with Crippen LogP contribution in [0.15, 0.2) is 48.7 Å². The Morgan fingerprint density at radius 3 is 2.61 bits per heavy atom. The van der Waals surface area contributed by atoms with Gasteiger partial charge in [0.2, 0.25) is 0 Å². The third kappa shape index (κ3) is 3.39. The molecule has 0 bridgehead atoms. The fourth-order valence-corrected chi connectivity index (χ4v) is 1.95. The van der Waals surface area contributed by atoms with Crippen LogP contribution in [0.25, 0.3) is 11.1 Å². The van der Waals surface area contributed by atoms with Crippen molar-refractivity contribution in [2.45, 2.75) is 19.9 Å². The molecule has 0 saturated carbocycles. The molecule has 3 nitrogen and oxygen atoms in total. The molecular formula is C15H19N3. The van der Waals surface area contributed by atoms with Crippen molar-refractivity contribution in [2.75, 3.05) is 6.54 Å². The molecule has 1 aromatic heterocycles. The van der Waals surface area contributed by atoms with E-state index in [1.807, 2.05) is 30.5 Å². The Morgan fingerprint density at radius 1 is 1.11 bits per heavy atom. The third-order valence-corrected chi connectivity index (χ3v) is 2.80. The fourth-order valence-electron chi connectivity index (χ4n) is 1.95. The SMILES string of the molecule is CCCN(N)Cc1cc(-c2ccccc2)ccn1. The van der Waals surface area contributed by atoms with Gasteiger partial charge in [0.25, 0.3) is 0 Å². The number of hydrogen-bond acceptors (Lipinski definition) is 3. The maximum atomic E-state index is 5.90. The Labute approximate surface area is 108 Å². The van der Waals surface area contributed by atoms with Crippen LogP contribution in [0.5, 0.6) is 0 Å². The molecule has 0 aliphatic heterocycles. The maximum Gasteiger partial charge on any atom is 0.0564 e. The van der Waals surface area contributed by atoms with Crippen molar-refractivity contribution in [1.29, 1.82) is 0 Å². The lowest BCUT2D eigenvalue weighted by molar-refractivity contribution is 0.272. The molecular weight excluding hydrogens is 222 g/mol. The first-order valence-electron chi connectivity index (χ1n) is 6.29. The highest BCUT2D eigenvalue weighted by atomic mass is 15.4. The molecule has 18 heavy (non-hydrogen) atoms. The number of pyridine rings is 1. The predicted molar refractivity (Wildman–Crippen MR) is 74.6 cm³/mol. The molecule has 0 atom stereocenters. The van der Waals surface area contributed by atoms with Gasteiger partial charge in [0.05, 0.1) is 12.2 Å². The first-order chi connectivity index (χ1) is 8.79. The quantitative estimate of drug-likeness (QED) is 0.646. The van der Waals surface area contributed by atoms with Gasteiger partial charge in [-0.3, -0.25) is 10.8 Å². The van der Waals surface area contributed by atoms with E-state index in [-0.39, 0.29) is 0 Å². The minimum atomic E-state index is 0.689. The number of benzene rings is 1. The molecule has 2 N–H and O–H groups in total. The van der Waals surface area contributed by atoms with Gasteiger partial charge < -0.3 is 0 Å². The molecule has 2 rings (SSSR count). The highest BCUT2D eigenvalue weighted by Crippen LogP contribution is 2.19. The summed E-state index contributed by atoms with van der Waals surface area (Å²) in [6, 6.07) is 14.4. The zero-order valence-corrected chi connectivity index (χ0v) is 10.7. The van der Waals surface area contributed by atoms with Gasteiger partial charge in [-0.05, 0) is 29.7 Å². The predicted octanol–water partition coefficient (Wildman–Crippen LogP) is 2.83. The molecule has 0 unspecified atom stereocenters. The molecule has 0 fully saturated rings. The summed E-state index contributed by atoms with van der Waals surface area (Å²) >= 11 is 0. The zero-order chi connectivity index (χ0) is 12.8. The van der Waals surface area contributed by atoms with Crippen LogP contribution in [0, 0.1) is 0 Å². The fraction of sp³-hybridized carbons (Fsp3) is 0.267. The van der Waals surface area contributed by atoms with Crippen molar-refractivity contribution >= 4 is 0 Å². The first-order valence-corrected chi connectivity index (χ1v) is 6.29. The monoisotopic (exact) mass is 241 g/mol. The van der Waals surface area contributed by atoms with Crippen molar-refractivity contribution < 1.29 is 0 Å². The first kappa shape index (κ1) is 12.7. The van der Waals surface area contributed by atoms with Crippen LogP contribution in [-0.2, 0) is 6.54 Å². The molecule has 0 aliphatic rings. The molecule has 0 aliphatic carbocycles. The van der Waals surface area contributed by atoms with Gasteiger partial charge in [-0.15, -0.1) is 0 Å². The molecule has 0 radical (unpaired) electrons. The van der Waals surface area contributed by atoms with Crippen LogP contribution in [0.2, 0.25) is 0 Å². The normalized spacial score (nSPS) is 10.8. The van der Waals surface area contributed by atoms with Gasteiger partial charge in [0.1, 0.15) is 0 Å². The average molecular weight is 241 g/mol. The van der Waals surface area contributed by atoms with Crippen LogP contribution in [0.1, 0.15) is 19.0 Å². The molecule has 2 aromatic rings. The zero-order valence-electron chi connectivity index (χ0n) is 10.7. The second kappa shape index (κ2) is 6.28. The minimum absolute atomic E-state index is 0.689. The van der Waals surface area contributed by atoms with Crippen LogP contribution in [0.3, 0.4) is 0 Å². The van der Waals surface area contributed by atoms with Gasteiger partial charge in [-0.25, -0.2) is 5.01 Å². The summed E-state index contributed by atoms with van der Waals surface area (Å²) in [4.78, 5) is 4.37. The summed E-state index contributed by atoms with van der Waals surface area (Å²) < 4.78 is 0. The summed E-state index contributed by atoms with van der Waals surface area (Å²) in [5.74, 6) is 5.90. The summed E-state index contributed by atoms with van der Waals surface area (Å²) in [5, 5.41) is 1.80. The molecule has 0 amide bonds. The summed E-state index contributed by atoms with van der Waals surface area (Å²) in [5.41, 5.74) is 3.40. The number of aromatic nitrogens is 1.